The van der Waals surface area contributed by atoms with Crippen LogP contribution in [0.3, 0.4) is 0 Å². The number of hydrogen-bond donors (Lipinski definition) is 1. The molecule has 1 amide bonds. The number of carbonyl (C=O) groups excluding carboxylic acids is 1. The van der Waals surface area contributed by atoms with Crippen LogP contribution in [0.5, 0.6) is 0 Å². The van der Waals surface area contributed by atoms with Crippen molar-refractivity contribution in [2.24, 2.45) is 0 Å². The van der Waals surface area contributed by atoms with Crippen LogP contribution in [0.25, 0.3) is 0 Å². The third-order valence-corrected chi connectivity index (χ3v) is 4.07. The number of rotatable bonds is 4. The van der Waals surface area contributed by atoms with Gasteiger partial charge in [0.2, 0.25) is 5.91 Å². The summed E-state index contributed by atoms with van der Waals surface area (Å²) in [5.41, 5.74) is 2.96. The van der Waals surface area contributed by atoms with Crippen LogP contribution in [0.4, 0.5) is 21.5 Å². The molecule has 6 nitrogen and oxygen atoms in total. The normalized spacial score (nSPS) is 12.8. The summed E-state index contributed by atoms with van der Waals surface area (Å²) in [6.07, 6.45) is 0.656. The zero-order valence-corrected chi connectivity index (χ0v) is 13.1. The summed E-state index contributed by atoms with van der Waals surface area (Å²) in [5, 5.41) is 13.5. The molecule has 1 aliphatic rings. The lowest BCUT2D eigenvalue weighted by molar-refractivity contribution is -0.384. The number of non-ortho nitro benzene ring substituents is 1. The number of fused-ring (bicyclic) bond motifs is 1. The summed E-state index contributed by atoms with van der Waals surface area (Å²) in [5.74, 6) is -0.662. The number of nitrogens with zero attached hydrogens (tertiary/aromatic N) is 2. The Kier molecular flexibility index (Phi) is 4.16. The second-order valence-corrected chi connectivity index (χ2v) is 5.75. The van der Waals surface area contributed by atoms with Gasteiger partial charge in [-0.15, -0.1) is 0 Å². The molecule has 1 N–H and O–H groups in total. The lowest BCUT2D eigenvalue weighted by Crippen LogP contribution is -2.32. The van der Waals surface area contributed by atoms with E-state index < -0.39 is 10.7 Å². The Hall–Kier alpha value is -2.96. The van der Waals surface area contributed by atoms with Gasteiger partial charge in [-0.1, -0.05) is 6.07 Å². The fourth-order valence-corrected chi connectivity index (χ4v) is 2.83. The molecule has 24 heavy (non-hydrogen) atoms. The minimum atomic E-state index is -0.428. The first-order chi connectivity index (χ1) is 11.4. The van der Waals surface area contributed by atoms with E-state index in [1.807, 2.05) is 4.90 Å². The van der Waals surface area contributed by atoms with E-state index >= 15 is 0 Å². The van der Waals surface area contributed by atoms with Gasteiger partial charge in [0.25, 0.3) is 5.69 Å². The van der Waals surface area contributed by atoms with Gasteiger partial charge >= 0.3 is 0 Å². The van der Waals surface area contributed by atoms with E-state index in [9.17, 15) is 19.3 Å². The van der Waals surface area contributed by atoms with E-state index in [1.165, 1.54) is 18.2 Å². The largest absolute Gasteiger partial charge is 0.362 e. The molecule has 1 aliphatic heterocycles. The Morgan fingerprint density at radius 1 is 1.33 bits per heavy atom. The molecule has 0 saturated heterocycles. The van der Waals surface area contributed by atoms with Gasteiger partial charge in [0.05, 0.1) is 11.5 Å². The molecule has 7 heteroatoms. The van der Waals surface area contributed by atoms with Crippen LogP contribution in [-0.2, 0) is 11.2 Å². The van der Waals surface area contributed by atoms with Gasteiger partial charge < -0.3 is 10.2 Å². The van der Waals surface area contributed by atoms with Crippen LogP contribution >= 0.6 is 0 Å². The highest BCUT2D eigenvalue weighted by molar-refractivity contribution is 5.95. The molecule has 0 radical (unpaired) electrons. The average Bonchev–Trinajstić information content (AvgIpc) is 2.93. The highest BCUT2D eigenvalue weighted by Crippen LogP contribution is 2.31. The molecule has 0 saturated carbocycles. The molecule has 0 aliphatic carbocycles. The van der Waals surface area contributed by atoms with E-state index in [-0.39, 0.29) is 18.1 Å². The molecule has 2 aromatic rings. The zero-order valence-electron chi connectivity index (χ0n) is 13.1. The number of nitro groups is 1. The third-order valence-electron chi connectivity index (χ3n) is 4.07. The Morgan fingerprint density at radius 3 is 2.88 bits per heavy atom. The summed E-state index contributed by atoms with van der Waals surface area (Å²) in [6, 6.07) is 8.88. The molecule has 124 valence electrons. The summed E-state index contributed by atoms with van der Waals surface area (Å²) >= 11 is 0. The number of hydrogen-bond acceptors (Lipinski definition) is 4. The second kappa shape index (κ2) is 6.27. The Balaban J connectivity index is 1.71. The molecule has 0 unspecified atom stereocenters. The van der Waals surface area contributed by atoms with Gasteiger partial charge in [-0.3, -0.25) is 14.9 Å². The van der Waals surface area contributed by atoms with E-state index in [0.29, 0.717) is 18.7 Å². The fraction of sp³-hybridized carbons (Fsp3) is 0.235. The third kappa shape index (κ3) is 3.19. The van der Waals surface area contributed by atoms with Crippen molar-refractivity contribution in [2.75, 3.05) is 23.3 Å². The van der Waals surface area contributed by atoms with Crippen molar-refractivity contribution in [3.8, 4) is 0 Å². The van der Waals surface area contributed by atoms with Crippen molar-refractivity contribution in [2.45, 2.75) is 13.3 Å². The monoisotopic (exact) mass is 329 g/mol. The van der Waals surface area contributed by atoms with Crippen LogP contribution < -0.4 is 10.2 Å². The van der Waals surface area contributed by atoms with Crippen molar-refractivity contribution < 1.29 is 14.1 Å². The van der Waals surface area contributed by atoms with Crippen LogP contribution in [0.2, 0.25) is 0 Å². The van der Waals surface area contributed by atoms with Crippen molar-refractivity contribution >= 4 is 23.0 Å². The minimum Gasteiger partial charge on any atom is -0.362 e. The van der Waals surface area contributed by atoms with Crippen molar-refractivity contribution in [3.63, 3.8) is 0 Å². The first kappa shape index (κ1) is 15.9. The van der Waals surface area contributed by atoms with Gasteiger partial charge in [-0.05, 0) is 42.7 Å². The molecule has 0 fully saturated rings. The molecular formula is C17H16FN3O3. The van der Waals surface area contributed by atoms with Gasteiger partial charge in [-0.25, -0.2) is 4.39 Å². The summed E-state index contributed by atoms with van der Waals surface area (Å²) in [4.78, 5) is 24.5. The first-order valence-corrected chi connectivity index (χ1v) is 7.52. The maximum absolute atomic E-state index is 13.3. The molecule has 2 aromatic carbocycles. The van der Waals surface area contributed by atoms with Gasteiger partial charge in [0.15, 0.2) is 0 Å². The highest BCUT2D eigenvalue weighted by atomic mass is 19.1. The van der Waals surface area contributed by atoms with Crippen LogP contribution in [0.1, 0.15) is 11.1 Å². The summed E-state index contributed by atoms with van der Waals surface area (Å²) in [7, 11) is 0. The topological polar surface area (TPSA) is 75.5 Å². The van der Waals surface area contributed by atoms with E-state index in [4.69, 9.17) is 0 Å². The Morgan fingerprint density at radius 2 is 2.12 bits per heavy atom. The van der Waals surface area contributed by atoms with E-state index in [2.05, 4.69) is 5.32 Å². The van der Waals surface area contributed by atoms with Crippen LogP contribution in [0, 0.1) is 22.9 Å². The molecule has 1 heterocycles. The number of carbonyl (C=O) groups is 1. The smallest absolute Gasteiger partial charge is 0.269 e. The number of aryl methyl sites for hydroxylation is 1. The van der Waals surface area contributed by atoms with Gasteiger partial charge in [0, 0.05) is 30.1 Å². The summed E-state index contributed by atoms with van der Waals surface area (Å²) < 4.78 is 13.3. The lowest BCUT2D eigenvalue weighted by Gasteiger charge is -2.19. The average molecular weight is 329 g/mol. The number of anilines is 2. The number of nitrogens with one attached hydrogen (secondary N) is 1. The molecular weight excluding hydrogens is 313 g/mol. The Labute approximate surface area is 138 Å². The zero-order chi connectivity index (χ0) is 17.3. The van der Waals surface area contributed by atoms with E-state index in [1.54, 1.807) is 25.1 Å². The molecule has 0 spiro atoms. The number of halogens is 1. The highest BCUT2D eigenvalue weighted by Gasteiger charge is 2.23. The van der Waals surface area contributed by atoms with Crippen molar-refractivity contribution in [1.29, 1.82) is 0 Å². The maximum Gasteiger partial charge on any atom is 0.269 e. The number of nitro benzene ring substituents is 1. The molecule has 3 rings (SSSR count). The number of benzene rings is 2. The van der Waals surface area contributed by atoms with Gasteiger partial charge in [-0.2, -0.15) is 0 Å². The minimum absolute atomic E-state index is 0.0513. The molecule has 0 bridgehead atoms. The molecule has 0 aromatic heterocycles. The Bertz CT molecular complexity index is 823. The predicted molar refractivity (Wildman–Crippen MR) is 88.8 cm³/mol. The first-order valence-electron chi connectivity index (χ1n) is 7.52. The fourth-order valence-electron chi connectivity index (χ4n) is 2.83. The van der Waals surface area contributed by atoms with Gasteiger partial charge in [0.1, 0.15) is 5.82 Å². The standard InChI is InChI=1S/C17H16FN3O3/c1-11-2-3-13(18)9-15(11)19-17(22)10-20-7-6-12-8-14(21(23)24)4-5-16(12)20/h2-5,8-9H,6-7,10H2,1H3,(H,19,22). The second-order valence-electron chi connectivity index (χ2n) is 5.75. The maximum atomic E-state index is 13.3. The van der Waals surface area contributed by atoms with Crippen molar-refractivity contribution in [1.82, 2.24) is 0 Å². The summed E-state index contributed by atoms with van der Waals surface area (Å²) in [6.45, 7) is 2.52. The SMILES string of the molecule is Cc1ccc(F)cc1NC(=O)CN1CCc2cc([N+](=O)[O-])ccc21. The van der Waals surface area contributed by atoms with Crippen molar-refractivity contribution in [3.05, 3.63) is 63.5 Å². The number of amides is 1. The quantitative estimate of drug-likeness (QED) is 0.691. The molecule has 0 atom stereocenters. The van der Waals surface area contributed by atoms with Crippen LogP contribution in [-0.4, -0.2) is 23.9 Å². The van der Waals surface area contributed by atoms with E-state index in [0.717, 1.165) is 16.8 Å². The van der Waals surface area contributed by atoms with Crippen LogP contribution in [0.15, 0.2) is 36.4 Å². The lowest BCUT2D eigenvalue weighted by atomic mass is 10.1. The predicted octanol–water partition coefficient (Wildman–Crippen LogP) is 3.04.